The van der Waals surface area contributed by atoms with E-state index in [2.05, 4.69) is 6.58 Å². The summed E-state index contributed by atoms with van der Waals surface area (Å²) in [4.78, 5) is 0.125. The Balaban J connectivity index is 3.90. The van der Waals surface area contributed by atoms with Crippen molar-refractivity contribution in [3.8, 4) is 6.07 Å². The first-order chi connectivity index (χ1) is 3.18. The van der Waals surface area contributed by atoms with Gasteiger partial charge in [-0.1, -0.05) is 6.58 Å². The van der Waals surface area contributed by atoms with Crippen LogP contribution in [0.1, 0.15) is 0 Å². The Labute approximate surface area is 44.9 Å². The molecular formula is C4H5NOS. The van der Waals surface area contributed by atoms with Gasteiger partial charge in [0, 0.05) is 6.26 Å². The molecule has 0 aromatic rings. The van der Waals surface area contributed by atoms with Crippen LogP contribution >= 0.6 is 0 Å². The largest absolute Gasteiger partial charge is 0.254 e. The molecule has 3 heteroatoms. The van der Waals surface area contributed by atoms with Crippen molar-refractivity contribution in [2.24, 2.45) is 0 Å². The van der Waals surface area contributed by atoms with E-state index in [1.807, 2.05) is 0 Å². The molecule has 0 rings (SSSR count). The fourth-order valence-corrected chi connectivity index (χ4v) is 0.193. The first kappa shape index (κ1) is 6.38. The Hall–Kier alpha value is -0.620. The molecule has 0 saturated heterocycles. The Morgan fingerprint density at radius 1 is 2.00 bits per heavy atom. The maximum atomic E-state index is 10.2. The topological polar surface area (TPSA) is 40.9 Å². The van der Waals surface area contributed by atoms with Crippen LogP contribution in [0, 0.1) is 11.3 Å². The molecule has 0 aromatic carbocycles. The summed E-state index contributed by atoms with van der Waals surface area (Å²) in [5.74, 6) is 0. The van der Waals surface area contributed by atoms with E-state index >= 15 is 0 Å². The molecule has 0 amide bonds. The van der Waals surface area contributed by atoms with Crippen LogP contribution in [-0.4, -0.2) is 10.5 Å². The number of nitriles is 1. The Bertz CT molecular complexity index is 144. The molecule has 0 aliphatic rings. The molecule has 0 saturated carbocycles. The van der Waals surface area contributed by atoms with Gasteiger partial charge < -0.3 is 0 Å². The van der Waals surface area contributed by atoms with Crippen LogP contribution in [0.15, 0.2) is 11.5 Å². The van der Waals surface area contributed by atoms with E-state index in [0.29, 0.717) is 0 Å². The van der Waals surface area contributed by atoms with Crippen molar-refractivity contribution in [2.45, 2.75) is 0 Å². The molecule has 2 nitrogen and oxygen atoms in total. The normalized spacial score (nSPS) is 12.0. The summed E-state index contributed by atoms with van der Waals surface area (Å²) in [6, 6.07) is 1.67. The monoisotopic (exact) mass is 115 g/mol. The quantitative estimate of drug-likeness (QED) is 0.464. The van der Waals surface area contributed by atoms with Gasteiger partial charge in [0.2, 0.25) is 0 Å². The second-order valence-corrected chi connectivity index (χ2v) is 2.39. The molecule has 7 heavy (non-hydrogen) atoms. The highest BCUT2D eigenvalue weighted by molar-refractivity contribution is 7.88. The van der Waals surface area contributed by atoms with Gasteiger partial charge in [0.25, 0.3) is 0 Å². The Kier molecular flexibility index (Phi) is 2.31. The lowest BCUT2D eigenvalue weighted by Crippen LogP contribution is -1.83. The predicted molar refractivity (Wildman–Crippen MR) is 28.8 cm³/mol. The van der Waals surface area contributed by atoms with Gasteiger partial charge in [-0.3, -0.25) is 4.21 Å². The number of allylic oxidation sites excluding steroid dienone is 1. The summed E-state index contributed by atoms with van der Waals surface area (Å²) in [5.41, 5.74) is 0. The van der Waals surface area contributed by atoms with Gasteiger partial charge >= 0.3 is 0 Å². The Morgan fingerprint density at radius 3 is 2.43 bits per heavy atom. The molecular weight excluding hydrogens is 110 g/mol. The van der Waals surface area contributed by atoms with Crippen molar-refractivity contribution in [2.75, 3.05) is 6.26 Å². The van der Waals surface area contributed by atoms with Gasteiger partial charge in [-0.15, -0.1) is 0 Å². The van der Waals surface area contributed by atoms with Crippen molar-refractivity contribution >= 4 is 10.8 Å². The second kappa shape index (κ2) is 2.54. The zero-order valence-corrected chi connectivity index (χ0v) is 4.79. The minimum Gasteiger partial charge on any atom is -0.254 e. The third kappa shape index (κ3) is 2.12. The zero-order valence-electron chi connectivity index (χ0n) is 3.97. The standard InChI is InChI=1S/C4H5NOS/c1-4(3-5)7(2)6/h1H2,2H3. The summed E-state index contributed by atoms with van der Waals surface area (Å²) in [5, 5.41) is 7.96. The molecule has 0 fully saturated rings. The van der Waals surface area contributed by atoms with Gasteiger partial charge in [0.1, 0.15) is 11.0 Å². The van der Waals surface area contributed by atoms with Crippen LogP contribution in [0.3, 0.4) is 0 Å². The predicted octanol–water partition coefficient (Wildman–Crippen LogP) is 0.402. The summed E-state index contributed by atoms with van der Waals surface area (Å²) < 4.78 is 10.2. The lowest BCUT2D eigenvalue weighted by atomic mass is 10.7. The van der Waals surface area contributed by atoms with Crippen LogP contribution in [0.25, 0.3) is 0 Å². The van der Waals surface area contributed by atoms with Gasteiger partial charge in [-0.05, 0) is 0 Å². The highest BCUT2D eigenvalue weighted by atomic mass is 32.2. The average Bonchev–Trinajstić information content (AvgIpc) is 1.65. The molecule has 0 N–H and O–H groups in total. The molecule has 0 aromatic heterocycles. The van der Waals surface area contributed by atoms with Crippen molar-refractivity contribution in [1.29, 1.82) is 5.26 Å². The van der Waals surface area contributed by atoms with Crippen LogP contribution in [0.5, 0.6) is 0 Å². The third-order valence-corrected chi connectivity index (χ3v) is 1.26. The van der Waals surface area contributed by atoms with Gasteiger partial charge in [0.15, 0.2) is 0 Å². The molecule has 0 radical (unpaired) electrons. The van der Waals surface area contributed by atoms with Crippen LogP contribution < -0.4 is 0 Å². The molecule has 1 atom stereocenters. The smallest absolute Gasteiger partial charge is 0.109 e. The van der Waals surface area contributed by atoms with Crippen LogP contribution in [-0.2, 0) is 10.8 Å². The van der Waals surface area contributed by atoms with Crippen LogP contribution in [0.2, 0.25) is 0 Å². The lowest BCUT2D eigenvalue weighted by molar-refractivity contribution is 0.691. The lowest BCUT2D eigenvalue weighted by Gasteiger charge is -1.79. The maximum absolute atomic E-state index is 10.2. The summed E-state index contributed by atoms with van der Waals surface area (Å²) in [6.07, 6.45) is 1.42. The van der Waals surface area contributed by atoms with Gasteiger partial charge in [-0.2, -0.15) is 5.26 Å². The van der Waals surface area contributed by atoms with E-state index in [1.54, 1.807) is 6.07 Å². The van der Waals surface area contributed by atoms with E-state index in [1.165, 1.54) is 6.26 Å². The van der Waals surface area contributed by atoms with Gasteiger partial charge in [-0.25, -0.2) is 0 Å². The maximum Gasteiger partial charge on any atom is 0.109 e. The zero-order chi connectivity index (χ0) is 5.86. The average molecular weight is 115 g/mol. The molecule has 0 spiro atoms. The third-order valence-electron chi connectivity index (χ3n) is 0.472. The van der Waals surface area contributed by atoms with Crippen molar-refractivity contribution < 1.29 is 4.21 Å². The summed E-state index contributed by atoms with van der Waals surface area (Å²) >= 11 is 0. The first-order valence-electron chi connectivity index (χ1n) is 1.61. The molecule has 0 bridgehead atoms. The minimum atomic E-state index is -1.17. The number of hydrogen-bond donors (Lipinski definition) is 0. The van der Waals surface area contributed by atoms with E-state index in [-0.39, 0.29) is 4.91 Å². The SMILES string of the molecule is C=C(C#N)S(C)=O. The summed E-state index contributed by atoms with van der Waals surface area (Å²) in [6.45, 7) is 3.21. The second-order valence-electron chi connectivity index (χ2n) is 0.989. The van der Waals surface area contributed by atoms with E-state index < -0.39 is 10.8 Å². The van der Waals surface area contributed by atoms with Crippen molar-refractivity contribution in [3.63, 3.8) is 0 Å². The number of hydrogen-bond acceptors (Lipinski definition) is 2. The van der Waals surface area contributed by atoms with E-state index in [4.69, 9.17) is 5.26 Å². The van der Waals surface area contributed by atoms with Crippen molar-refractivity contribution in [1.82, 2.24) is 0 Å². The number of nitrogens with zero attached hydrogens (tertiary/aromatic N) is 1. The highest BCUT2D eigenvalue weighted by Crippen LogP contribution is 1.88. The fourth-order valence-electron chi connectivity index (χ4n) is 0.0643. The highest BCUT2D eigenvalue weighted by Gasteiger charge is 1.90. The van der Waals surface area contributed by atoms with Gasteiger partial charge in [0.05, 0.1) is 10.8 Å². The molecule has 38 valence electrons. The van der Waals surface area contributed by atoms with Crippen molar-refractivity contribution in [3.05, 3.63) is 11.5 Å². The van der Waals surface area contributed by atoms with E-state index in [0.717, 1.165) is 0 Å². The summed E-state index contributed by atoms with van der Waals surface area (Å²) in [7, 11) is -1.17. The number of rotatable bonds is 1. The molecule has 0 aliphatic heterocycles. The first-order valence-corrected chi connectivity index (χ1v) is 3.16. The molecule has 0 aliphatic carbocycles. The Morgan fingerprint density at radius 2 is 2.43 bits per heavy atom. The molecule has 0 heterocycles. The minimum absolute atomic E-state index is 0.125. The van der Waals surface area contributed by atoms with Crippen LogP contribution in [0.4, 0.5) is 0 Å². The van der Waals surface area contributed by atoms with E-state index in [9.17, 15) is 4.21 Å². The fraction of sp³-hybridized carbons (Fsp3) is 0.250. The molecule has 1 unspecified atom stereocenters.